The van der Waals surface area contributed by atoms with Crippen LogP contribution in [-0.2, 0) is 26.1 Å². The van der Waals surface area contributed by atoms with Crippen molar-refractivity contribution < 1.29 is 17.9 Å². The number of hydrogen-bond donors (Lipinski definition) is 1. The maximum absolute atomic E-state index is 12.4. The van der Waals surface area contributed by atoms with Crippen LogP contribution in [0.2, 0.25) is 0 Å². The minimum Gasteiger partial charge on any atom is -0.371 e. The zero-order chi connectivity index (χ0) is 15.7. The standard InChI is InChI=1S/C15H20N2O4S/c1-22(19,20)17-9-12-7-13(14(10-17)21-12)15(18)16-8-11-5-3-2-4-6-11/h2-6,12-14H,7-10H2,1H3,(H,16,18)/t12-,13+,14-/m1/s1. The number of benzene rings is 1. The highest BCUT2D eigenvalue weighted by atomic mass is 32.2. The van der Waals surface area contributed by atoms with Crippen molar-refractivity contribution >= 4 is 15.9 Å². The maximum Gasteiger partial charge on any atom is 0.226 e. The normalized spacial score (nSPS) is 28.5. The van der Waals surface area contributed by atoms with Crippen molar-refractivity contribution in [3.05, 3.63) is 35.9 Å². The van der Waals surface area contributed by atoms with E-state index in [1.165, 1.54) is 10.6 Å². The molecule has 0 spiro atoms. The lowest BCUT2D eigenvalue weighted by atomic mass is 9.99. The Hall–Kier alpha value is -1.44. The van der Waals surface area contributed by atoms with Crippen molar-refractivity contribution in [1.82, 2.24) is 9.62 Å². The molecule has 3 atom stereocenters. The fourth-order valence-corrected chi connectivity index (χ4v) is 3.94. The van der Waals surface area contributed by atoms with E-state index in [-0.39, 0.29) is 30.6 Å². The summed E-state index contributed by atoms with van der Waals surface area (Å²) in [6.45, 7) is 1.08. The molecule has 1 aromatic rings. The summed E-state index contributed by atoms with van der Waals surface area (Å²) in [5.74, 6) is -0.341. The molecule has 22 heavy (non-hydrogen) atoms. The van der Waals surface area contributed by atoms with E-state index in [2.05, 4.69) is 5.32 Å². The topological polar surface area (TPSA) is 75.7 Å². The van der Waals surface area contributed by atoms with Crippen LogP contribution in [-0.4, -0.2) is 50.2 Å². The van der Waals surface area contributed by atoms with Crippen molar-refractivity contribution in [2.75, 3.05) is 19.3 Å². The van der Waals surface area contributed by atoms with E-state index < -0.39 is 10.0 Å². The average molecular weight is 324 g/mol. The lowest BCUT2D eigenvalue weighted by Gasteiger charge is -2.30. The number of fused-ring (bicyclic) bond motifs is 2. The Morgan fingerprint density at radius 3 is 2.73 bits per heavy atom. The van der Waals surface area contributed by atoms with Gasteiger partial charge in [0.25, 0.3) is 0 Å². The molecule has 0 unspecified atom stereocenters. The SMILES string of the molecule is CS(=O)(=O)N1C[C@H]2C[C@H](C(=O)NCc3ccccc3)[C@@H](C1)O2. The first-order chi connectivity index (χ1) is 10.4. The first kappa shape index (κ1) is 15.5. The van der Waals surface area contributed by atoms with Crippen LogP contribution in [0.5, 0.6) is 0 Å². The molecule has 7 heteroatoms. The number of morpholine rings is 1. The number of sulfonamides is 1. The predicted molar refractivity (Wildman–Crippen MR) is 81.5 cm³/mol. The number of carbonyl (C=O) groups is 1. The van der Waals surface area contributed by atoms with Gasteiger partial charge in [-0.15, -0.1) is 0 Å². The number of nitrogens with one attached hydrogen (secondary N) is 1. The molecule has 0 aliphatic carbocycles. The molecule has 2 heterocycles. The molecule has 120 valence electrons. The number of nitrogens with zero attached hydrogens (tertiary/aromatic N) is 1. The second-order valence-electron chi connectivity index (χ2n) is 5.92. The molecular weight excluding hydrogens is 304 g/mol. The Labute approximate surface area is 130 Å². The van der Waals surface area contributed by atoms with Gasteiger partial charge in [-0.05, 0) is 12.0 Å². The summed E-state index contributed by atoms with van der Waals surface area (Å²) < 4.78 is 30.5. The summed E-state index contributed by atoms with van der Waals surface area (Å²) >= 11 is 0. The molecule has 3 rings (SSSR count). The van der Waals surface area contributed by atoms with Gasteiger partial charge < -0.3 is 10.1 Å². The summed E-state index contributed by atoms with van der Waals surface area (Å²) in [5, 5.41) is 2.92. The number of rotatable bonds is 4. The molecule has 2 saturated heterocycles. The first-order valence-electron chi connectivity index (χ1n) is 7.35. The molecule has 0 saturated carbocycles. The molecule has 1 aromatic carbocycles. The number of amides is 1. The predicted octanol–water partition coefficient (Wildman–Crippen LogP) is 0.352. The van der Waals surface area contributed by atoms with Crippen LogP contribution in [0, 0.1) is 5.92 Å². The summed E-state index contributed by atoms with van der Waals surface area (Å²) in [5.41, 5.74) is 1.04. The van der Waals surface area contributed by atoms with Gasteiger partial charge in [-0.25, -0.2) is 8.42 Å². The number of hydrogen-bond acceptors (Lipinski definition) is 4. The third-order valence-corrected chi connectivity index (χ3v) is 5.48. The Bertz CT molecular complexity index is 647. The highest BCUT2D eigenvalue weighted by molar-refractivity contribution is 7.88. The van der Waals surface area contributed by atoms with Gasteiger partial charge in [-0.1, -0.05) is 30.3 Å². The Morgan fingerprint density at radius 2 is 2.05 bits per heavy atom. The van der Waals surface area contributed by atoms with Gasteiger partial charge in [-0.3, -0.25) is 4.79 Å². The van der Waals surface area contributed by atoms with Crippen LogP contribution in [0.4, 0.5) is 0 Å². The molecule has 1 N–H and O–H groups in total. The van der Waals surface area contributed by atoms with Crippen LogP contribution in [0.3, 0.4) is 0 Å². The smallest absolute Gasteiger partial charge is 0.226 e. The van der Waals surface area contributed by atoms with E-state index in [0.717, 1.165) is 5.56 Å². The zero-order valence-electron chi connectivity index (χ0n) is 12.4. The quantitative estimate of drug-likeness (QED) is 0.867. The lowest BCUT2D eigenvalue weighted by Crippen LogP contribution is -2.47. The number of ether oxygens (including phenoxy) is 1. The fourth-order valence-electron chi connectivity index (χ4n) is 3.09. The van der Waals surface area contributed by atoms with E-state index in [1.54, 1.807) is 0 Å². The summed E-state index contributed by atoms with van der Waals surface area (Å²) in [4.78, 5) is 12.4. The maximum atomic E-state index is 12.4. The van der Waals surface area contributed by atoms with Crippen molar-refractivity contribution in [3.8, 4) is 0 Å². The minimum absolute atomic E-state index is 0.0632. The highest BCUT2D eigenvalue weighted by Gasteiger charge is 2.46. The largest absolute Gasteiger partial charge is 0.371 e. The summed E-state index contributed by atoms with van der Waals surface area (Å²) in [6.07, 6.45) is 1.25. The van der Waals surface area contributed by atoms with Crippen molar-refractivity contribution in [3.63, 3.8) is 0 Å². The second-order valence-corrected chi connectivity index (χ2v) is 7.90. The number of carbonyl (C=O) groups excluding carboxylic acids is 1. The average Bonchev–Trinajstić information content (AvgIpc) is 2.79. The Morgan fingerprint density at radius 1 is 1.32 bits per heavy atom. The molecule has 2 bridgehead atoms. The lowest BCUT2D eigenvalue weighted by molar-refractivity contribution is -0.127. The van der Waals surface area contributed by atoms with Crippen molar-refractivity contribution in [2.45, 2.75) is 25.2 Å². The molecule has 0 aromatic heterocycles. The molecular formula is C15H20N2O4S. The Balaban J connectivity index is 1.60. The third kappa shape index (κ3) is 3.31. The van der Waals surface area contributed by atoms with E-state index in [9.17, 15) is 13.2 Å². The molecule has 1 amide bonds. The van der Waals surface area contributed by atoms with Crippen LogP contribution in [0.15, 0.2) is 30.3 Å². The van der Waals surface area contributed by atoms with Gasteiger partial charge in [0.05, 0.1) is 24.4 Å². The monoisotopic (exact) mass is 324 g/mol. The van der Waals surface area contributed by atoms with Gasteiger partial charge in [-0.2, -0.15) is 4.31 Å². The Kier molecular flexibility index (Phi) is 4.20. The van der Waals surface area contributed by atoms with Gasteiger partial charge in [0, 0.05) is 19.6 Å². The van der Waals surface area contributed by atoms with E-state index >= 15 is 0 Å². The van der Waals surface area contributed by atoms with Gasteiger partial charge >= 0.3 is 0 Å². The van der Waals surface area contributed by atoms with Crippen molar-refractivity contribution in [1.29, 1.82) is 0 Å². The first-order valence-corrected chi connectivity index (χ1v) is 9.20. The van der Waals surface area contributed by atoms with Gasteiger partial charge in [0.1, 0.15) is 0 Å². The molecule has 2 aliphatic rings. The van der Waals surface area contributed by atoms with Crippen LogP contribution >= 0.6 is 0 Å². The van der Waals surface area contributed by atoms with Crippen LogP contribution < -0.4 is 5.32 Å². The second kappa shape index (κ2) is 5.98. The summed E-state index contributed by atoms with van der Waals surface area (Å²) in [6, 6.07) is 9.69. The van der Waals surface area contributed by atoms with Crippen LogP contribution in [0.25, 0.3) is 0 Å². The van der Waals surface area contributed by atoms with Crippen molar-refractivity contribution in [2.24, 2.45) is 5.92 Å². The molecule has 2 aliphatic heterocycles. The highest BCUT2D eigenvalue weighted by Crippen LogP contribution is 2.33. The molecule has 0 radical (unpaired) electrons. The fraction of sp³-hybridized carbons (Fsp3) is 0.533. The third-order valence-electron chi connectivity index (χ3n) is 4.24. The van der Waals surface area contributed by atoms with E-state index in [0.29, 0.717) is 19.5 Å². The van der Waals surface area contributed by atoms with Crippen LogP contribution in [0.1, 0.15) is 12.0 Å². The van der Waals surface area contributed by atoms with E-state index in [4.69, 9.17) is 4.74 Å². The summed E-state index contributed by atoms with van der Waals surface area (Å²) in [7, 11) is -3.23. The van der Waals surface area contributed by atoms with E-state index in [1.807, 2.05) is 30.3 Å². The zero-order valence-corrected chi connectivity index (χ0v) is 13.3. The van der Waals surface area contributed by atoms with Gasteiger partial charge in [0.15, 0.2) is 0 Å². The minimum atomic E-state index is -3.23. The molecule has 2 fully saturated rings. The van der Waals surface area contributed by atoms with Gasteiger partial charge in [0.2, 0.25) is 15.9 Å². The molecule has 6 nitrogen and oxygen atoms in total.